The van der Waals surface area contributed by atoms with Gasteiger partial charge in [-0.2, -0.15) is 0 Å². The minimum Gasteiger partial charge on any atom is -0.356 e. The van der Waals surface area contributed by atoms with Gasteiger partial charge in [-0.25, -0.2) is 0 Å². The number of nitrogens with zero attached hydrogens (tertiary/aromatic N) is 1. The predicted molar refractivity (Wildman–Crippen MR) is 90.6 cm³/mol. The molecule has 0 unspecified atom stereocenters. The molecule has 0 aliphatic heterocycles. The number of carbonyl (C=O) groups is 2. The maximum absolute atomic E-state index is 12.0. The molecule has 1 amide bonds. The first kappa shape index (κ1) is 17.2. The fourth-order valence-corrected chi connectivity index (χ4v) is 2.38. The molecule has 120 valence electrons. The number of amides is 1. The zero-order chi connectivity index (χ0) is 16.5. The third-order valence-electron chi connectivity index (χ3n) is 3.41. The van der Waals surface area contributed by atoms with Crippen molar-refractivity contribution < 1.29 is 9.59 Å². The maximum atomic E-state index is 12.0. The second-order valence-corrected chi connectivity index (χ2v) is 5.68. The average molecular weight is 331 g/mol. The second kappa shape index (κ2) is 9.06. The van der Waals surface area contributed by atoms with Gasteiger partial charge < -0.3 is 5.32 Å². The molecule has 0 radical (unpaired) electrons. The van der Waals surface area contributed by atoms with E-state index in [0.717, 1.165) is 18.4 Å². The van der Waals surface area contributed by atoms with Crippen molar-refractivity contribution >= 4 is 23.3 Å². The summed E-state index contributed by atoms with van der Waals surface area (Å²) >= 11 is 5.85. The van der Waals surface area contributed by atoms with Gasteiger partial charge in [0.15, 0.2) is 5.78 Å². The predicted octanol–water partition coefficient (Wildman–Crippen LogP) is 3.45. The van der Waals surface area contributed by atoms with Crippen LogP contribution >= 0.6 is 11.6 Å². The highest BCUT2D eigenvalue weighted by Gasteiger charge is 2.09. The number of aromatic nitrogens is 1. The maximum Gasteiger partial charge on any atom is 0.220 e. The first-order valence-electron chi connectivity index (χ1n) is 7.59. The fourth-order valence-electron chi connectivity index (χ4n) is 2.19. The summed E-state index contributed by atoms with van der Waals surface area (Å²) in [6, 6.07) is 10.7. The van der Waals surface area contributed by atoms with E-state index in [4.69, 9.17) is 11.6 Å². The molecule has 0 atom stereocenters. The van der Waals surface area contributed by atoms with Crippen LogP contribution in [0.4, 0.5) is 0 Å². The van der Waals surface area contributed by atoms with Crippen LogP contribution in [-0.2, 0) is 11.2 Å². The second-order valence-electron chi connectivity index (χ2n) is 5.25. The van der Waals surface area contributed by atoms with Crippen LogP contribution in [0.1, 0.15) is 35.2 Å². The monoisotopic (exact) mass is 330 g/mol. The van der Waals surface area contributed by atoms with Crippen LogP contribution in [0.15, 0.2) is 48.8 Å². The molecule has 0 aliphatic rings. The van der Waals surface area contributed by atoms with E-state index in [1.165, 1.54) is 0 Å². The number of ketones is 1. The number of hydrogen-bond donors (Lipinski definition) is 1. The molecule has 0 bridgehead atoms. The topological polar surface area (TPSA) is 59.1 Å². The van der Waals surface area contributed by atoms with Gasteiger partial charge in [-0.15, -0.1) is 0 Å². The highest BCUT2D eigenvalue weighted by Crippen LogP contribution is 2.13. The smallest absolute Gasteiger partial charge is 0.220 e. The van der Waals surface area contributed by atoms with Gasteiger partial charge in [-0.1, -0.05) is 29.8 Å². The minimum absolute atomic E-state index is 0.0713. The summed E-state index contributed by atoms with van der Waals surface area (Å²) in [5.74, 6) is -0.176. The van der Waals surface area contributed by atoms with Crippen molar-refractivity contribution in [2.75, 3.05) is 6.54 Å². The normalized spacial score (nSPS) is 10.3. The quantitative estimate of drug-likeness (QED) is 0.595. The first-order chi connectivity index (χ1) is 11.1. The molecular formula is C18H19ClN2O2. The number of pyridine rings is 1. The van der Waals surface area contributed by atoms with E-state index in [0.29, 0.717) is 17.1 Å². The van der Waals surface area contributed by atoms with Gasteiger partial charge in [0, 0.05) is 42.4 Å². The Morgan fingerprint density at radius 1 is 1.13 bits per heavy atom. The minimum atomic E-state index is -0.105. The Balaban J connectivity index is 1.64. The number of carbonyl (C=O) groups excluding carboxylic acids is 2. The molecule has 1 heterocycles. The number of halogens is 1. The Bertz CT molecular complexity index is 659. The lowest BCUT2D eigenvalue weighted by Gasteiger charge is -2.05. The van der Waals surface area contributed by atoms with Crippen LogP contribution in [0, 0.1) is 0 Å². The van der Waals surface area contributed by atoms with Gasteiger partial charge >= 0.3 is 0 Å². The summed E-state index contributed by atoms with van der Waals surface area (Å²) in [7, 11) is 0. The fraction of sp³-hybridized carbons (Fsp3) is 0.278. The average Bonchev–Trinajstić information content (AvgIpc) is 2.57. The molecule has 2 aromatic rings. The van der Waals surface area contributed by atoms with Gasteiger partial charge in [0.2, 0.25) is 5.91 Å². The number of Topliss-reactive ketones (excluding diaryl/α,β-unsaturated/α-hetero) is 1. The Kier molecular flexibility index (Phi) is 6.76. The van der Waals surface area contributed by atoms with Crippen LogP contribution in [0.25, 0.3) is 0 Å². The SMILES string of the molecule is O=C(CCC(=O)c1cccc(Cl)c1)NCCCc1cccnc1. The lowest BCUT2D eigenvalue weighted by atomic mass is 10.1. The molecule has 1 N–H and O–H groups in total. The van der Waals surface area contributed by atoms with Crippen molar-refractivity contribution in [1.29, 1.82) is 0 Å². The van der Waals surface area contributed by atoms with Crippen LogP contribution in [-0.4, -0.2) is 23.2 Å². The van der Waals surface area contributed by atoms with Gasteiger partial charge in [0.1, 0.15) is 0 Å². The molecule has 0 saturated carbocycles. The summed E-state index contributed by atoms with van der Waals surface area (Å²) in [5.41, 5.74) is 1.69. The molecule has 0 saturated heterocycles. The summed E-state index contributed by atoms with van der Waals surface area (Å²) in [4.78, 5) is 27.8. The van der Waals surface area contributed by atoms with Gasteiger partial charge in [0.05, 0.1) is 0 Å². The number of benzene rings is 1. The summed E-state index contributed by atoms with van der Waals surface area (Å²) in [5, 5.41) is 3.36. The molecule has 0 spiro atoms. The van der Waals surface area contributed by atoms with E-state index in [-0.39, 0.29) is 24.5 Å². The van der Waals surface area contributed by atoms with E-state index >= 15 is 0 Å². The van der Waals surface area contributed by atoms with Gasteiger partial charge in [-0.3, -0.25) is 14.6 Å². The zero-order valence-corrected chi connectivity index (χ0v) is 13.6. The number of nitrogens with one attached hydrogen (secondary N) is 1. The van der Waals surface area contributed by atoms with Crippen molar-refractivity contribution in [3.8, 4) is 0 Å². The third-order valence-corrected chi connectivity index (χ3v) is 3.65. The van der Waals surface area contributed by atoms with Crippen molar-refractivity contribution in [1.82, 2.24) is 10.3 Å². The van der Waals surface area contributed by atoms with E-state index in [1.54, 1.807) is 30.5 Å². The largest absolute Gasteiger partial charge is 0.356 e. The van der Waals surface area contributed by atoms with E-state index in [1.807, 2.05) is 18.3 Å². The van der Waals surface area contributed by atoms with E-state index < -0.39 is 0 Å². The van der Waals surface area contributed by atoms with E-state index in [9.17, 15) is 9.59 Å². The molecular weight excluding hydrogens is 312 g/mol. The highest BCUT2D eigenvalue weighted by atomic mass is 35.5. The molecule has 1 aromatic heterocycles. The highest BCUT2D eigenvalue weighted by molar-refractivity contribution is 6.31. The number of aryl methyl sites for hydroxylation is 1. The lowest BCUT2D eigenvalue weighted by Crippen LogP contribution is -2.25. The first-order valence-corrected chi connectivity index (χ1v) is 7.97. The molecule has 5 heteroatoms. The van der Waals surface area contributed by atoms with Crippen molar-refractivity contribution in [2.24, 2.45) is 0 Å². The zero-order valence-electron chi connectivity index (χ0n) is 12.8. The van der Waals surface area contributed by atoms with Crippen molar-refractivity contribution in [3.63, 3.8) is 0 Å². The summed E-state index contributed by atoms with van der Waals surface area (Å²) in [6.07, 6.45) is 5.66. The molecule has 4 nitrogen and oxygen atoms in total. The van der Waals surface area contributed by atoms with Crippen molar-refractivity contribution in [3.05, 3.63) is 64.9 Å². The molecule has 2 rings (SSSR count). The third kappa shape index (κ3) is 6.20. The van der Waals surface area contributed by atoms with Crippen LogP contribution in [0.2, 0.25) is 5.02 Å². The number of hydrogen-bond acceptors (Lipinski definition) is 3. The number of rotatable bonds is 8. The summed E-state index contributed by atoms with van der Waals surface area (Å²) in [6.45, 7) is 0.596. The van der Waals surface area contributed by atoms with Crippen LogP contribution in [0.5, 0.6) is 0 Å². The Morgan fingerprint density at radius 2 is 2.00 bits per heavy atom. The van der Waals surface area contributed by atoms with Crippen LogP contribution in [0.3, 0.4) is 0 Å². The Morgan fingerprint density at radius 3 is 2.74 bits per heavy atom. The van der Waals surface area contributed by atoms with Gasteiger partial charge in [-0.05, 0) is 36.6 Å². The Hall–Kier alpha value is -2.20. The Labute approximate surface area is 140 Å². The van der Waals surface area contributed by atoms with E-state index in [2.05, 4.69) is 10.3 Å². The van der Waals surface area contributed by atoms with Crippen molar-refractivity contribution in [2.45, 2.75) is 25.7 Å². The van der Waals surface area contributed by atoms with Crippen LogP contribution < -0.4 is 5.32 Å². The van der Waals surface area contributed by atoms with Gasteiger partial charge in [0.25, 0.3) is 0 Å². The molecule has 0 aliphatic carbocycles. The molecule has 1 aromatic carbocycles. The molecule has 23 heavy (non-hydrogen) atoms. The molecule has 0 fully saturated rings. The summed E-state index contributed by atoms with van der Waals surface area (Å²) < 4.78 is 0. The lowest BCUT2D eigenvalue weighted by molar-refractivity contribution is -0.121. The standard InChI is InChI=1S/C18H19ClN2O2/c19-16-7-1-6-15(12-16)17(22)8-9-18(23)21-11-3-5-14-4-2-10-20-13-14/h1-2,4,6-7,10,12-13H,3,5,8-9,11H2,(H,21,23).